The maximum Gasteiger partial charge on any atom is 0.0540 e. The Morgan fingerprint density at radius 1 is 0.333 bits per heavy atom. The van der Waals surface area contributed by atoms with E-state index in [0.717, 1.165) is 51.4 Å². The number of hydrogen-bond donors (Lipinski definition) is 2. The highest BCUT2D eigenvalue weighted by Crippen LogP contribution is 2.16. The topological polar surface area (TPSA) is 40.5 Å². The van der Waals surface area contributed by atoms with E-state index in [1.165, 1.54) is 103 Å². The molecule has 0 aliphatic carbocycles. The van der Waals surface area contributed by atoms with Crippen molar-refractivity contribution in [2.75, 3.05) is 0 Å². The lowest BCUT2D eigenvalue weighted by Gasteiger charge is -2.12. The van der Waals surface area contributed by atoms with Crippen molar-refractivity contribution in [3.05, 3.63) is 0 Å². The fourth-order valence-electron chi connectivity index (χ4n) is 4.42. The molecule has 0 aromatic rings. The van der Waals surface area contributed by atoms with Gasteiger partial charge in [-0.15, -0.1) is 0 Å². The molecule has 2 atom stereocenters. The Kier molecular flexibility index (Phi) is 25.1. The fourth-order valence-corrected chi connectivity index (χ4v) is 4.42. The van der Waals surface area contributed by atoms with Crippen LogP contribution >= 0.6 is 0 Å². The molecule has 2 nitrogen and oxygen atoms in total. The zero-order valence-electron chi connectivity index (χ0n) is 21.0. The Hall–Kier alpha value is -0.0800. The minimum absolute atomic E-state index is 0.121. The van der Waals surface area contributed by atoms with Crippen LogP contribution in [0.5, 0.6) is 0 Å². The molecule has 0 fully saturated rings. The summed E-state index contributed by atoms with van der Waals surface area (Å²) in [5, 5.41) is 20.0. The lowest BCUT2D eigenvalue weighted by Crippen LogP contribution is -2.08. The van der Waals surface area contributed by atoms with E-state index in [4.69, 9.17) is 0 Å². The summed E-state index contributed by atoms with van der Waals surface area (Å²) < 4.78 is 0. The first kappa shape index (κ1) is 29.9. The zero-order chi connectivity index (χ0) is 22.1. The van der Waals surface area contributed by atoms with Crippen molar-refractivity contribution in [1.82, 2.24) is 0 Å². The molecule has 0 aliphatic heterocycles. The summed E-state index contributed by atoms with van der Waals surface area (Å²) in [6, 6.07) is 0. The molecule has 0 aliphatic rings. The number of hydrogen-bond acceptors (Lipinski definition) is 2. The average Bonchev–Trinajstić information content (AvgIpc) is 2.75. The Bertz CT molecular complexity index is 305. The maximum absolute atomic E-state index is 10.1. The summed E-state index contributed by atoms with van der Waals surface area (Å²) in [6.45, 7) is 4.46. The van der Waals surface area contributed by atoms with Crippen LogP contribution in [0.2, 0.25) is 0 Å². The molecular formula is C28H58O2. The van der Waals surface area contributed by atoms with Gasteiger partial charge in [-0.2, -0.15) is 0 Å². The zero-order valence-corrected chi connectivity index (χ0v) is 21.0. The molecule has 30 heavy (non-hydrogen) atoms. The van der Waals surface area contributed by atoms with Crippen LogP contribution in [0.4, 0.5) is 0 Å². The molecule has 0 radical (unpaired) electrons. The van der Waals surface area contributed by atoms with E-state index >= 15 is 0 Å². The molecule has 2 N–H and O–H groups in total. The molecule has 0 unspecified atom stereocenters. The van der Waals surface area contributed by atoms with E-state index in [9.17, 15) is 10.2 Å². The summed E-state index contributed by atoms with van der Waals surface area (Å²) in [5.41, 5.74) is 0. The van der Waals surface area contributed by atoms with Crippen LogP contribution < -0.4 is 0 Å². The van der Waals surface area contributed by atoms with E-state index in [1.54, 1.807) is 0 Å². The van der Waals surface area contributed by atoms with Gasteiger partial charge < -0.3 is 10.2 Å². The van der Waals surface area contributed by atoms with Crippen LogP contribution in [0.3, 0.4) is 0 Å². The highest BCUT2D eigenvalue weighted by molar-refractivity contribution is 4.60. The predicted octanol–water partition coefficient (Wildman–Crippen LogP) is 9.11. The molecule has 0 amide bonds. The third kappa shape index (κ3) is 24.2. The standard InChI is InChI=1S/C28H58O2/c1-3-5-7-8-9-10-11-12-13-14-15-16-17-18-19-20-24-28(30)26-22-21-25-27(29)23-6-4-2/h27-30H,3-26H2,1-2H3/t27-,28+/m1/s1. The normalized spacial score (nSPS) is 13.6. The van der Waals surface area contributed by atoms with Crippen molar-refractivity contribution in [3.63, 3.8) is 0 Å². The molecule has 0 aromatic heterocycles. The van der Waals surface area contributed by atoms with Crippen LogP contribution in [-0.2, 0) is 0 Å². The van der Waals surface area contributed by atoms with Gasteiger partial charge in [0.05, 0.1) is 12.2 Å². The smallest absolute Gasteiger partial charge is 0.0540 e. The van der Waals surface area contributed by atoms with Crippen LogP contribution in [-0.4, -0.2) is 22.4 Å². The Morgan fingerprint density at radius 2 is 0.567 bits per heavy atom. The second-order valence-electron chi connectivity index (χ2n) is 9.83. The first-order chi connectivity index (χ1) is 14.7. The molecule has 0 bridgehead atoms. The van der Waals surface area contributed by atoms with Crippen LogP contribution in [0.1, 0.15) is 168 Å². The molecule has 0 rings (SSSR count). The summed E-state index contributed by atoms with van der Waals surface area (Å²) in [4.78, 5) is 0. The second kappa shape index (κ2) is 25.2. The first-order valence-corrected chi connectivity index (χ1v) is 14.1. The Balaban J connectivity index is 3.17. The third-order valence-corrected chi connectivity index (χ3v) is 6.61. The minimum Gasteiger partial charge on any atom is -0.393 e. The van der Waals surface area contributed by atoms with Crippen LogP contribution in [0.15, 0.2) is 0 Å². The van der Waals surface area contributed by atoms with Crippen molar-refractivity contribution in [1.29, 1.82) is 0 Å². The van der Waals surface area contributed by atoms with Gasteiger partial charge in [0.1, 0.15) is 0 Å². The van der Waals surface area contributed by atoms with E-state index in [1.807, 2.05) is 0 Å². The van der Waals surface area contributed by atoms with Gasteiger partial charge in [-0.25, -0.2) is 0 Å². The van der Waals surface area contributed by atoms with Gasteiger partial charge in [0.2, 0.25) is 0 Å². The van der Waals surface area contributed by atoms with Gasteiger partial charge in [0, 0.05) is 0 Å². The monoisotopic (exact) mass is 426 g/mol. The highest BCUT2D eigenvalue weighted by atomic mass is 16.3. The molecule has 0 heterocycles. The molecule has 0 aromatic carbocycles. The summed E-state index contributed by atoms with van der Waals surface area (Å²) in [6.07, 6.45) is 30.3. The first-order valence-electron chi connectivity index (χ1n) is 14.1. The molecule has 182 valence electrons. The third-order valence-electron chi connectivity index (χ3n) is 6.61. The minimum atomic E-state index is -0.123. The van der Waals surface area contributed by atoms with Gasteiger partial charge >= 0.3 is 0 Å². The summed E-state index contributed by atoms with van der Waals surface area (Å²) in [7, 11) is 0. The molecular weight excluding hydrogens is 368 g/mol. The molecule has 0 saturated carbocycles. The SMILES string of the molecule is CCCCCCCCCCCCCCCCCC[C@H](O)CCCC[C@H](O)CCCC. The quantitative estimate of drug-likeness (QED) is 0.143. The van der Waals surface area contributed by atoms with Crippen molar-refractivity contribution in [2.45, 2.75) is 180 Å². The predicted molar refractivity (Wildman–Crippen MR) is 134 cm³/mol. The molecule has 2 heteroatoms. The lowest BCUT2D eigenvalue weighted by atomic mass is 10.0. The lowest BCUT2D eigenvalue weighted by molar-refractivity contribution is 0.132. The van der Waals surface area contributed by atoms with Crippen molar-refractivity contribution in [3.8, 4) is 0 Å². The number of aliphatic hydroxyl groups excluding tert-OH is 2. The van der Waals surface area contributed by atoms with Gasteiger partial charge in [-0.1, -0.05) is 142 Å². The number of aliphatic hydroxyl groups is 2. The number of unbranched alkanes of at least 4 members (excludes halogenated alkanes) is 17. The van der Waals surface area contributed by atoms with Crippen molar-refractivity contribution < 1.29 is 10.2 Å². The highest BCUT2D eigenvalue weighted by Gasteiger charge is 2.06. The largest absolute Gasteiger partial charge is 0.393 e. The van der Waals surface area contributed by atoms with E-state index in [2.05, 4.69) is 13.8 Å². The van der Waals surface area contributed by atoms with E-state index in [0.29, 0.717) is 0 Å². The Morgan fingerprint density at radius 3 is 0.900 bits per heavy atom. The average molecular weight is 427 g/mol. The fraction of sp³-hybridized carbons (Fsp3) is 1.00. The van der Waals surface area contributed by atoms with Crippen molar-refractivity contribution >= 4 is 0 Å². The van der Waals surface area contributed by atoms with Crippen molar-refractivity contribution in [2.24, 2.45) is 0 Å². The molecule has 0 saturated heterocycles. The summed E-state index contributed by atoms with van der Waals surface area (Å²) in [5.74, 6) is 0. The van der Waals surface area contributed by atoms with E-state index in [-0.39, 0.29) is 12.2 Å². The van der Waals surface area contributed by atoms with Gasteiger partial charge in [-0.3, -0.25) is 0 Å². The van der Waals surface area contributed by atoms with E-state index < -0.39 is 0 Å². The van der Waals surface area contributed by atoms with Gasteiger partial charge in [0.15, 0.2) is 0 Å². The maximum atomic E-state index is 10.1. The van der Waals surface area contributed by atoms with Crippen LogP contribution in [0, 0.1) is 0 Å². The van der Waals surface area contributed by atoms with Crippen LogP contribution in [0.25, 0.3) is 0 Å². The molecule has 0 spiro atoms. The van der Waals surface area contributed by atoms with Gasteiger partial charge in [0.25, 0.3) is 0 Å². The second-order valence-corrected chi connectivity index (χ2v) is 9.83. The van der Waals surface area contributed by atoms with Gasteiger partial charge in [-0.05, 0) is 25.7 Å². The number of rotatable bonds is 25. The summed E-state index contributed by atoms with van der Waals surface area (Å²) >= 11 is 0. The Labute approximate surface area is 190 Å².